The molecule has 2 heterocycles. The minimum Gasteiger partial charge on any atom is -0.493 e. The Morgan fingerprint density at radius 1 is 1.07 bits per heavy atom. The minimum absolute atomic E-state index is 0.0512. The van der Waals surface area contributed by atoms with Gasteiger partial charge >= 0.3 is 0 Å². The number of thiazole rings is 1. The van der Waals surface area contributed by atoms with Gasteiger partial charge in [-0.2, -0.15) is 0 Å². The molecule has 7 heteroatoms. The number of fused-ring (bicyclic) bond motifs is 1. The van der Waals surface area contributed by atoms with Gasteiger partial charge in [-0.1, -0.05) is 51.5 Å². The largest absolute Gasteiger partial charge is 0.493 e. The van der Waals surface area contributed by atoms with Crippen molar-refractivity contribution in [2.75, 3.05) is 11.5 Å². The standard InChI is InChI=1S/C22H18BrN3O2S/c23-16-9-10-19-20(14-16)29-22(25-19)26(15-17-6-4-5-12-24-17)21(27)11-13-28-18-7-2-1-3-8-18/h1-10,12,14H,11,13,15H2. The van der Waals surface area contributed by atoms with Crippen molar-refractivity contribution in [2.45, 2.75) is 13.0 Å². The third-order valence-corrected chi connectivity index (χ3v) is 5.78. The van der Waals surface area contributed by atoms with E-state index in [1.807, 2.05) is 66.7 Å². The van der Waals surface area contributed by atoms with Gasteiger partial charge in [-0.05, 0) is 42.5 Å². The average molecular weight is 468 g/mol. The molecule has 0 aliphatic rings. The van der Waals surface area contributed by atoms with Gasteiger partial charge in [0.1, 0.15) is 5.75 Å². The van der Waals surface area contributed by atoms with E-state index in [0.717, 1.165) is 26.1 Å². The van der Waals surface area contributed by atoms with Crippen molar-refractivity contribution in [3.63, 3.8) is 0 Å². The Bertz CT molecular complexity index is 1100. The molecule has 5 nitrogen and oxygen atoms in total. The molecule has 0 bridgehead atoms. The molecule has 4 aromatic rings. The Kier molecular flexibility index (Phi) is 6.17. The van der Waals surface area contributed by atoms with Crippen LogP contribution in [0.25, 0.3) is 10.2 Å². The number of anilines is 1. The molecule has 0 saturated carbocycles. The number of amides is 1. The number of para-hydroxylation sites is 1. The van der Waals surface area contributed by atoms with Gasteiger partial charge in [-0.25, -0.2) is 4.98 Å². The zero-order chi connectivity index (χ0) is 20.1. The predicted molar refractivity (Wildman–Crippen MR) is 119 cm³/mol. The summed E-state index contributed by atoms with van der Waals surface area (Å²) in [6.07, 6.45) is 1.98. The number of ether oxygens (including phenoxy) is 1. The fourth-order valence-corrected chi connectivity index (χ4v) is 4.36. The van der Waals surface area contributed by atoms with Crippen molar-refractivity contribution < 1.29 is 9.53 Å². The Balaban J connectivity index is 1.54. The van der Waals surface area contributed by atoms with E-state index < -0.39 is 0 Å². The van der Waals surface area contributed by atoms with Crippen molar-refractivity contribution in [2.24, 2.45) is 0 Å². The zero-order valence-electron chi connectivity index (χ0n) is 15.5. The molecule has 0 fully saturated rings. The second-order valence-electron chi connectivity index (χ2n) is 6.32. The quantitative estimate of drug-likeness (QED) is 0.362. The van der Waals surface area contributed by atoms with Crippen LogP contribution in [0.2, 0.25) is 0 Å². The van der Waals surface area contributed by atoms with Crippen molar-refractivity contribution in [3.05, 3.63) is 83.1 Å². The number of carbonyl (C=O) groups excluding carboxylic acids is 1. The second kappa shape index (κ2) is 9.15. The number of halogens is 1. The number of benzene rings is 2. The summed E-state index contributed by atoms with van der Waals surface area (Å²) in [4.78, 5) is 23.8. The maximum atomic E-state index is 13.1. The molecule has 2 aromatic carbocycles. The highest BCUT2D eigenvalue weighted by Crippen LogP contribution is 2.32. The first-order chi connectivity index (χ1) is 14.2. The molecule has 0 aliphatic heterocycles. The zero-order valence-corrected chi connectivity index (χ0v) is 17.9. The number of carbonyl (C=O) groups is 1. The van der Waals surface area contributed by atoms with E-state index >= 15 is 0 Å². The van der Waals surface area contributed by atoms with Crippen LogP contribution in [-0.2, 0) is 11.3 Å². The van der Waals surface area contributed by atoms with Gasteiger partial charge in [0.15, 0.2) is 5.13 Å². The summed E-state index contributed by atoms with van der Waals surface area (Å²) < 4.78 is 7.71. The van der Waals surface area contributed by atoms with E-state index in [1.165, 1.54) is 11.3 Å². The SMILES string of the molecule is O=C(CCOc1ccccc1)N(Cc1ccccn1)c1nc2ccc(Br)cc2s1. The Morgan fingerprint density at radius 3 is 2.69 bits per heavy atom. The normalized spacial score (nSPS) is 10.8. The van der Waals surface area contributed by atoms with Gasteiger partial charge in [0.05, 0.1) is 35.5 Å². The Hall–Kier alpha value is -2.77. The lowest BCUT2D eigenvalue weighted by molar-refractivity contribution is -0.119. The molecule has 0 radical (unpaired) electrons. The maximum Gasteiger partial charge on any atom is 0.232 e. The van der Waals surface area contributed by atoms with Crippen molar-refractivity contribution in [1.29, 1.82) is 0 Å². The fourth-order valence-electron chi connectivity index (χ4n) is 2.83. The van der Waals surface area contributed by atoms with Crippen LogP contribution in [0.5, 0.6) is 5.75 Å². The number of nitrogens with zero attached hydrogens (tertiary/aromatic N) is 3. The molecule has 0 N–H and O–H groups in total. The predicted octanol–water partition coefficient (Wildman–Crippen LogP) is 5.46. The van der Waals surface area contributed by atoms with Gasteiger partial charge in [-0.15, -0.1) is 0 Å². The number of hydrogen-bond donors (Lipinski definition) is 0. The summed E-state index contributed by atoms with van der Waals surface area (Å²) in [5.74, 6) is 0.700. The lowest BCUT2D eigenvalue weighted by atomic mass is 10.3. The van der Waals surface area contributed by atoms with Gasteiger partial charge in [0, 0.05) is 10.7 Å². The van der Waals surface area contributed by atoms with Gasteiger partial charge in [-0.3, -0.25) is 14.7 Å². The molecule has 1 amide bonds. The van der Waals surface area contributed by atoms with E-state index in [1.54, 1.807) is 11.1 Å². The first-order valence-corrected chi connectivity index (χ1v) is 10.7. The third-order valence-electron chi connectivity index (χ3n) is 4.25. The molecule has 0 unspecified atom stereocenters. The van der Waals surface area contributed by atoms with E-state index in [0.29, 0.717) is 18.3 Å². The average Bonchev–Trinajstić information content (AvgIpc) is 3.16. The number of rotatable bonds is 7. The summed E-state index contributed by atoms with van der Waals surface area (Å²) in [6, 6.07) is 21.1. The molecular formula is C22H18BrN3O2S. The highest BCUT2D eigenvalue weighted by molar-refractivity contribution is 9.10. The Labute approximate surface area is 181 Å². The van der Waals surface area contributed by atoms with Crippen LogP contribution in [0.4, 0.5) is 5.13 Å². The van der Waals surface area contributed by atoms with Crippen LogP contribution in [0.3, 0.4) is 0 Å². The Morgan fingerprint density at radius 2 is 1.90 bits per heavy atom. The second-order valence-corrected chi connectivity index (χ2v) is 8.25. The molecule has 4 rings (SSSR count). The summed E-state index contributed by atoms with van der Waals surface area (Å²) in [7, 11) is 0. The first kappa shape index (κ1) is 19.5. The molecule has 0 saturated heterocycles. The summed E-state index contributed by atoms with van der Waals surface area (Å²) in [6.45, 7) is 0.671. The molecule has 0 aliphatic carbocycles. The van der Waals surface area contributed by atoms with Crippen molar-refractivity contribution in [3.8, 4) is 5.75 Å². The summed E-state index contributed by atoms with van der Waals surface area (Å²) in [5.41, 5.74) is 1.68. The third kappa shape index (κ3) is 4.99. The molecule has 146 valence electrons. The van der Waals surface area contributed by atoms with E-state index in [4.69, 9.17) is 4.74 Å². The van der Waals surface area contributed by atoms with Crippen LogP contribution in [0.15, 0.2) is 77.4 Å². The smallest absolute Gasteiger partial charge is 0.232 e. The van der Waals surface area contributed by atoms with Gasteiger partial charge < -0.3 is 4.74 Å². The number of pyridine rings is 1. The van der Waals surface area contributed by atoms with E-state index in [-0.39, 0.29) is 12.3 Å². The van der Waals surface area contributed by atoms with E-state index in [9.17, 15) is 4.79 Å². The lowest BCUT2D eigenvalue weighted by Crippen LogP contribution is -2.31. The highest BCUT2D eigenvalue weighted by Gasteiger charge is 2.21. The van der Waals surface area contributed by atoms with Gasteiger partial charge in [0.25, 0.3) is 0 Å². The monoisotopic (exact) mass is 467 g/mol. The fraction of sp³-hybridized carbons (Fsp3) is 0.136. The van der Waals surface area contributed by atoms with E-state index in [2.05, 4.69) is 25.9 Å². The number of aromatic nitrogens is 2. The van der Waals surface area contributed by atoms with Crippen LogP contribution in [0, 0.1) is 0 Å². The summed E-state index contributed by atoms with van der Waals surface area (Å²) in [5, 5.41) is 0.661. The molecule has 2 aromatic heterocycles. The highest BCUT2D eigenvalue weighted by atomic mass is 79.9. The lowest BCUT2D eigenvalue weighted by Gasteiger charge is -2.19. The molecule has 0 atom stereocenters. The van der Waals surface area contributed by atoms with Crippen LogP contribution < -0.4 is 9.64 Å². The molecular weight excluding hydrogens is 450 g/mol. The molecule has 29 heavy (non-hydrogen) atoms. The van der Waals surface area contributed by atoms with Crippen LogP contribution >= 0.6 is 27.3 Å². The maximum absolute atomic E-state index is 13.1. The molecule has 0 spiro atoms. The van der Waals surface area contributed by atoms with Crippen LogP contribution in [0.1, 0.15) is 12.1 Å². The van der Waals surface area contributed by atoms with Crippen LogP contribution in [-0.4, -0.2) is 22.5 Å². The first-order valence-electron chi connectivity index (χ1n) is 9.13. The van der Waals surface area contributed by atoms with Gasteiger partial charge in [0.2, 0.25) is 5.91 Å². The number of hydrogen-bond acceptors (Lipinski definition) is 5. The minimum atomic E-state index is -0.0512. The van der Waals surface area contributed by atoms with Crippen molar-refractivity contribution >= 4 is 48.5 Å². The van der Waals surface area contributed by atoms with Crippen molar-refractivity contribution in [1.82, 2.24) is 9.97 Å². The topological polar surface area (TPSA) is 55.3 Å². The summed E-state index contributed by atoms with van der Waals surface area (Å²) >= 11 is 4.98.